The molecule has 31 heavy (non-hydrogen) atoms. The highest BCUT2D eigenvalue weighted by Crippen LogP contribution is 2.32. The van der Waals surface area contributed by atoms with Crippen LogP contribution in [0.1, 0.15) is 25.7 Å². The second-order valence-corrected chi connectivity index (χ2v) is 7.83. The Hall–Kier alpha value is -3.59. The maximum atomic E-state index is 13.4. The number of ether oxygens (including phenoxy) is 2. The number of hydrogen-bond donors (Lipinski definition) is 0. The van der Waals surface area contributed by atoms with Crippen LogP contribution in [0.15, 0.2) is 53.3 Å². The minimum absolute atomic E-state index is 0.175. The molecular weight excluding hydrogens is 390 g/mol. The molecule has 6 nitrogen and oxygen atoms in total. The molecule has 1 fully saturated rings. The quantitative estimate of drug-likeness (QED) is 0.517. The highest BCUT2D eigenvalue weighted by molar-refractivity contribution is 5.81. The summed E-state index contributed by atoms with van der Waals surface area (Å²) in [5, 5.41) is 0. The fourth-order valence-electron chi connectivity index (χ4n) is 4.00. The van der Waals surface area contributed by atoms with Gasteiger partial charge in [-0.15, -0.1) is 0 Å². The molecule has 0 aliphatic heterocycles. The van der Waals surface area contributed by atoms with Crippen molar-refractivity contribution in [2.24, 2.45) is 13.0 Å². The first kappa shape index (κ1) is 20.7. The largest absolute Gasteiger partial charge is 0.497 e. The Labute approximate surface area is 181 Å². The average Bonchev–Trinajstić information content (AvgIpc) is 3.34. The molecular formula is C25H25N3O3. The van der Waals surface area contributed by atoms with E-state index in [4.69, 9.17) is 21.0 Å². The van der Waals surface area contributed by atoms with Gasteiger partial charge in [0.2, 0.25) is 0 Å². The molecule has 0 amide bonds. The van der Waals surface area contributed by atoms with Crippen molar-refractivity contribution in [1.82, 2.24) is 9.55 Å². The van der Waals surface area contributed by atoms with Crippen LogP contribution < -0.4 is 15.0 Å². The van der Waals surface area contributed by atoms with Gasteiger partial charge in [0.05, 0.1) is 31.5 Å². The van der Waals surface area contributed by atoms with Gasteiger partial charge in [-0.3, -0.25) is 9.36 Å². The van der Waals surface area contributed by atoms with Gasteiger partial charge >= 0.3 is 0 Å². The van der Waals surface area contributed by atoms with Gasteiger partial charge in [0.1, 0.15) is 5.75 Å². The van der Waals surface area contributed by atoms with Gasteiger partial charge in [0.15, 0.2) is 5.69 Å². The summed E-state index contributed by atoms with van der Waals surface area (Å²) < 4.78 is 12.7. The molecule has 1 saturated carbocycles. The summed E-state index contributed by atoms with van der Waals surface area (Å²) in [6.45, 7) is 7.76. The van der Waals surface area contributed by atoms with Crippen molar-refractivity contribution < 1.29 is 9.47 Å². The van der Waals surface area contributed by atoms with Crippen LogP contribution in [0.4, 0.5) is 5.69 Å². The molecule has 6 heteroatoms. The number of aromatic nitrogens is 2. The predicted octanol–water partition coefficient (Wildman–Crippen LogP) is 5.24. The number of methoxy groups -OCH3 is 1. The normalized spacial score (nSPS) is 13.7. The zero-order valence-corrected chi connectivity index (χ0v) is 17.8. The molecule has 0 unspecified atom stereocenters. The van der Waals surface area contributed by atoms with Crippen LogP contribution in [0.5, 0.6) is 11.8 Å². The lowest BCUT2D eigenvalue weighted by Crippen LogP contribution is -2.24. The molecule has 0 N–H and O–H groups in total. The number of rotatable bonds is 6. The molecule has 0 atom stereocenters. The summed E-state index contributed by atoms with van der Waals surface area (Å²) in [7, 11) is 3.30. The van der Waals surface area contributed by atoms with E-state index in [1.807, 2.05) is 36.4 Å². The second-order valence-electron chi connectivity index (χ2n) is 7.83. The summed E-state index contributed by atoms with van der Waals surface area (Å²) in [5.41, 5.74) is 2.92. The fourth-order valence-corrected chi connectivity index (χ4v) is 4.00. The summed E-state index contributed by atoms with van der Waals surface area (Å²) in [5.74, 6) is 1.23. The van der Waals surface area contributed by atoms with Gasteiger partial charge in [-0.2, -0.15) is 4.98 Å². The van der Waals surface area contributed by atoms with Crippen molar-refractivity contribution in [2.75, 3.05) is 13.7 Å². The lowest BCUT2D eigenvalue weighted by Gasteiger charge is -2.17. The van der Waals surface area contributed by atoms with Gasteiger partial charge in [0.25, 0.3) is 11.6 Å². The number of hydrogen-bond acceptors (Lipinski definition) is 4. The summed E-state index contributed by atoms with van der Waals surface area (Å²) >= 11 is 0. The van der Waals surface area contributed by atoms with E-state index in [-0.39, 0.29) is 5.56 Å². The predicted molar refractivity (Wildman–Crippen MR) is 121 cm³/mol. The molecule has 0 saturated heterocycles. The lowest BCUT2D eigenvalue weighted by molar-refractivity contribution is 0.224. The van der Waals surface area contributed by atoms with Crippen molar-refractivity contribution in [3.63, 3.8) is 0 Å². The van der Waals surface area contributed by atoms with Crippen molar-refractivity contribution in [1.29, 1.82) is 0 Å². The highest BCUT2D eigenvalue weighted by Gasteiger charge is 2.21. The standard InChI is InChI=1S/C25H25N3O3/c1-26-20-12-8-19(9-13-20)23-22(18-10-14-21(30-3)15-11-18)24(29)28(2)25(27-23)31-16-17-6-4-5-7-17/h8-15,17H,4-7,16H2,2-3H3. The Morgan fingerprint density at radius 3 is 2.32 bits per heavy atom. The van der Waals surface area contributed by atoms with Gasteiger partial charge < -0.3 is 9.47 Å². The summed E-state index contributed by atoms with van der Waals surface area (Å²) in [6, 6.07) is 14.8. The van der Waals surface area contributed by atoms with Crippen molar-refractivity contribution in [3.05, 3.63) is 70.3 Å². The van der Waals surface area contributed by atoms with Crippen LogP contribution in [0.2, 0.25) is 0 Å². The van der Waals surface area contributed by atoms with Crippen LogP contribution in [0.3, 0.4) is 0 Å². The van der Waals surface area contributed by atoms with Gasteiger partial charge in [-0.05, 0) is 42.0 Å². The van der Waals surface area contributed by atoms with E-state index in [0.717, 1.165) is 24.0 Å². The molecule has 0 spiro atoms. The summed E-state index contributed by atoms with van der Waals surface area (Å²) in [4.78, 5) is 21.6. The van der Waals surface area contributed by atoms with Crippen LogP contribution in [-0.4, -0.2) is 23.3 Å². The molecule has 3 aromatic rings. The molecule has 4 rings (SSSR count). The van der Waals surface area contributed by atoms with Crippen molar-refractivity contribution in [2.45, 2.75) is 25.7 Å². The summed E-state index contributed by atoms with van der Waals surface area (Å²) in [6.07, 6.45) is 4.77. The van der Waals surface area contributed by atoms with E-state index in [2.05, 4.69) is 4.85 Å². The smallest absolute Gasteiger partial charge is 0.299 e. The average molecular weight is 415 g/mol. The first-order chi connectivity index (χ1) is 15.1. The van der Waals surface area contributed by atoms with E-state index in [1.165, 1.54) is 17.4 Å². The Kier molecular flexibility index (Phi) is 6.03. The monoisotopic (exact) mass is 415 g/mol. The minimum atomic E-state index is -0.175. The lowest BCUT2D eigenvalue weighted by atomic mass is 10.00. The Bertz CT molecular complexity index is 1150. The minimum Gasteiger partial charge on any atom is -0.497 e. The molecule has 0 radical (unpaired) electrons. The first-order valence-corrected chi connectivity index (χ1v) is 10.5. The Balaban J connectivity index is 1.82. The van der Waals surface area contributed by atoms with E-state index in [0.29, 0.717) is 41.2 Å². The third-order valence-electron chi connectivity index (χ3n) is 5.82. The highest BCUT2D eigenvalue weighted by atomic mass is 16.5. The van der Waals surface area contributed by atoms with Crippen LogP contribution in [0.25, 0.3) is 27.2 Å². The Morgan fingerprint density at radius 2 is 1.71 bits per heavy atom. The van der Waals surface area contributed by atoms with Crippen LogP contribution in [-0.2, 0) is 7.05 Å². The van der Waals surface area contributed by atoms with E-state index < -0.39 is 0 Å². The molecule has 1 aliphatic carbocycles. The zero-order valence-electron chi connectivity index (χ0n) is 17.8. The van der Waals surface area contributed by atoms with Crippen molar-refractivity contribution >= 4 is 5.69 Å². The number of nitrogens with zero attached hydrogens (tertiary/aromatic N) is 3. The molecule has 1 aliphatic rings. The topological polar surface area (TPSA) is 57.7 Å². The van der Waals surface area contributed by atoms with Gasteiger partial charge in [-0.25, -0.2) is 4.85 Å². The molecule has 2 aromatic carbocycles. The van der Waals surface area contributed by atoms with Crippen LogP contribution >= 0.6 is 0 Å². The molecule has 0 bridgehead atoms. The van der Waals surface area contributed by atoms with Gasteiger partial charge in [-0.1, -0.05) is 49.2 Å². The SMILES string of the molecule is [C-]#[N+]c1ccc(-c2nc(OCC3CCCC3)n(C)c(=O)c2-c2ccc(OC)cc2)cc1. The zero-order chi connectivity index (χ0) is 21.8. The Morgan fingerprint density at radius 1 is 1.06 bits per heavy atom. The second kappa shape index (κ2) is 9.05. The van der Waals surface area contributed by atoms with Crippen molar-refractivity contribution in [3.8, 4) is 34.1 Å². The van der Waals surface area contributed by atoms with Gasteiger partial charge in [0, 0.05) is 7.05 Å². The first-order valence-electron chi connectivity index (χ1n) is 10.5. The van der Waals surface area contributed by atoms with E-state index in [1.54, 1.807) is 26.3 Å². The third kappa shape index (κ3) is 4.31. The molecule has 1 aromatic heterocycles. The maximum Gasteiger partial charge on any atom is 0.299 e. The number of benzene rings is 2. The molecule has 158 valence electrons. The van der Waals surface area contributed by atoms with E-state index in [9.17, 15) is 4.79 Å². The maximum absolute atomic E-state index is 13.4. The fraction of sp³-hybridized carbons (Fsp3) is 0.320. The van der Waals surface area contributed by atoms with E-state index >= 15 is 0 Å². The third-order valence-corrected chi connectivity index (χ3v) is 5.82. The molecule has 1 heterocycles. The van der Waals surface area contributed by atoms with Crippen LogP contribution in [0, 0.1) is 12.5 Å².